The summed E-state index contributed by atoms with van der Waals surface area (Å²) in [6.07, 6.45) is 0. The van der Waals surface area contributed by atoms with Crippen LogP contribution in [0.2, 0.25) is 5.02 Å². The van der Waals surface area contributed by atoms with Crippen LogP contribution in [0.3, 0.4) is 0 Å². The summed E-state index contributed by atoms with van der Waals surface area (Å²) in [5.74, 6) is 1.06. The Morgan fingerprint density at radius 2 is 1.71 bits per heavy atom. The number of halogens is 2. The number of alkyl halides is 1. The first-order valence-corrected chi connectivity index (χ1v) is 9.58. The minimum atomic E-state index is -1.32. The molecule has 0 radical (unpaired) electrons. The maximum absolute atomic E-state index is 13.6. The van der Waals surface area contributed by atoms with E-state index < -0.39 is 4.87 Å². The van der Waals surface area contributed by atoms with Gasteiger partial charge in [-0.1, -0.05) is 59.6 Å². The Kier molecular flexibility index (Phi) is 4.00. The van der Waals surface area contributed by atoms with E-state index in [0.29, 0.717) is 28.6 Å². The van der Waals surface area contributed by atoms with Gasteiger partial charge < -0.3 is 14.4 Å². The molecule has 0 aliphatic carbocycles. The largest absolute Gasteiger partial charge is 0.454 e. The topological polar surface area (TPSA) is 38.8 Å². The highest BCUT2D eigenvalue weighted by molar-refractivity contribution is 6.41. The van der Waals surface area contributed by atoms with Crippen molar-refractivity contribution in [3.05, 3.63) is 88.4 Å². The first-order chi connectivity index (χ1) is 13.6. The van der Waals surface area contributed by atoms with E-state index in [1.165, 1.54) is 0 Å². The molecule has 3 aromatic carbocycles. The first-order valence-electron chi connectivity index (χ1n) is 8.82. The number of hydrogen-bond donors (Lipinski definition) is 0. The summed E-state index contributed by atoms with van der Waals surface area (Å²) in [6, 6.07) is 20.5. The number of nitrogens with zero attached hydrogens (tertiary/aromatic N) is 1. The van der Waals surface area contributed by atoms with Gasteiger partial charge in [0.05, 0.1) is 6.54 Å². The molecule has 0 spiro atoms. The highest BCUT2D eigenvalue weighted by atomic mass is 35.5. The molecule has 140 valence electrons. The zero-order chi connectivity index (χ0) is 19.3. The van der Waals surface area contributed by atoms with Crippen LogP contribution in [0.1, 0.15) is 16.7 Å². The van der Waals surface area contributed by atoms with Crippen molar-refractivity contribution in [1.82, 2.24) is 0 Å². The number of rotatable bonds is 3. The Bertz CT molecular complexity index is 1080. The summed E-state index contributed by atoms with van der Waals surface area (Å²) in [6.45, 7) is 0.577. The SMILES string of the molecule is O=C1N(Cc2ccc(Cl)cc2)c2ccccc2C1(Cl)c1ccc2c(c1)OCO2. The summed E-state index contributed by atoms with van der Waals surface area (Å²) in [4.78, 5) is 14.0. The number of para-hydroxylation sites is 1. The molecule has 0 fully saturated rings. The van der Waals surface area contributed by atoms with Crippen LogP contribution in [0.4, 0.5) is 5.69 Å². The molecule has 0 aromatic heterocycles. The molecule has 2 aliphatic heterocycles. The monoisotopic (exact) mass is 411 g/mol. The summed E-state index contributed by atoms with van der Waals surface area (Å²) >= 11 is 13.0. The molecule has 1 atom stereocenters. The summed E-state index contributed by atoms with van der Waals surface area (Å²) < 4.78 is 10.9. The standard InChI is InChI=1S/C22H15Cl2NO3/c23-16-8-5-14(6-9-16)12-25-18-4-2-1-3-17(18)22(24,21(25)26)15-7-10-19-20(11-15)28-13-27-19/h1-11H,12-13H2. The van der Waals surface area contributed by atoms with Gasteiger partial charge in [-0.2, -0.15) is 0 Å². The fourth-order valence-electron chi connectivity index (χ4n) is 3.73. The number of carbonyl (C=O) groups excluding carboxylic acids is 1. The lowest BCUT2D eigenvalue weighted by Crippen LogP contribution is -2.37. The van der Waals surface area contributed by atoms with E-state index in [9.17, 15) is 4.79 Å². The minimum Gasteiger partial charge on any atom is -0.454 e. The highest BCUT2D eigenvalue weighted by Gasteiger charge is 2.51. The number of fused-ring (bicyclic) bond motifs is 2. The Balaban J connectivity index is 1.59. The van der Waals surface area contributed by atoms with Crippen molar-refractivity contribution >= 4 is 34.8 Å². The summed E-state index contributed by atoms with van der Waals surface area (Å²) in [5.41, 5.74) is 3.19. The van der Waals surface area contributed by atoms with Crippen molar-refractivity contribution in [2.75, 3.05) is 11.7 Å². The quantitative estimate of drug-likeness (QED) is 0.562. The van der Waals surface area contributed by atoms with Crippen LogP contribution in [0, 0.1) is 0 Å². The molecule has 0 bridgehead atoms. The van der Waals surface area contributed by atoms with Gasteiger partial charge in [0.15, 0.2) is 16.4 Å². The fourth-order valence-corrected chi connectivity index (χ4v) is 4.24. The minimum absolute atomic E-state index is 0.168. The van der Waals surface area contributed by atoms with Crippen molar-refractivity contribution < 1.29 is 14.3 Å². The second kappa shape index (κ2) is 6.43. The van der Waals surface area contributed by atoms with Gasteiger partial charge in [-0.3, -0.25) is 4.79 Å². The van der Waals surface area contributed by atoms with Gasteiger partial charge in [0, 0.05) is 16.3 Å². The molecule has 6 heteroatoms. The van der Waals surface area contributed by atoms with Crippen molar-refractivity contribution in [2.45, 2.75) is 11.4 Å². The van der Waals surface area contributed by atoms with Crippen molar-refractivity contribution in [2.24, 2.45) is 0 Å². The highest BCUT2D eigenvalue weighted by Crippen LogP contribution is 2.51. The van der Waals surface area contributed by atoms with E-state index in [4.69, 9.17) is 32.7 Å². The lowest BCUT2D eigenvalue weighted by atomic mass is 9.91. The van der Waals surface area contributed by atoms with Crippen LogP contribution < -0.4 is 14.4 Å². The van der Waals surface area contributed by atoms with E-state index in [-0.39, 0.29) is 12.7 Å². The van der Waals surface area contributed by atoms with E-state index in [1.54, 1.807) is 17.0 Å². The van der Waals surface area contributed by atoms with E-state index in [2.05, 4.69) is 0 Å². The lowest BCUT2D eigenvalue weighted by Gasteiger charge is -2.23. The lowest BCUT2D eigenvalue weighted by molar-refractivity contribution is -0.119. The number of carbonyl (C=O) groups is 1. The maximum atomic E-state index is 13.6. The van der Waals surface area contributed by atoms with E-state index in [0.717, 1.165) is 16.8 Å². The first kappa shape index (κ1) is 17.4. The second-order valence-electron chi connectivity index (χ2n) is 6.76. The van der Waals surface area contributed by atoms with Crippen LogP contribution in [0.5, 0.6) is 11.5 Å². The van der Waals surface area contributed by atoms with Gasteiger partial charge in [0.1, 0.15) is 0 Å². The normalized spacial score (nSPS) is 19.8. The average Bonchev–Trinajstić information content (AvgIpc) is 3.27. The Morgan fingerprint density at radius 3 is 2.54 bits per heavy atom. The average molecular weight is 412 g/mol. The molecule has 28 heavy (non-hydrogen) atoms. The third kappa shape index (κ3) is 2.56. The Morgan fingerprint density at radius 1 is 0.964 bits per heavy atom. The van der Waals surface area contributed by atoms with E-state index in [1.807, 2.05) is 54.6 Å². The number of ether oxygens (including phenoxy) is 2. The van der Waals surface area contributed by atoms with Crippen LogP contribution in [0.25, 0.3) is 0 Å². The van der Waals surface area contributed by atoms with Crippen molar-refractivity contribution in [3.8, 4) is 11.5 Å². The van der Waals surface area contributed by atoms with Crippen molar-refractivity contribution in [1.29, 1.82) is 0 Å². The molecule has 0 saturated carbocycles. The number of anilines is 1. The van der Waals surface area contributed by atoms with Crippen LogP contribution in [0.15, 0.2) is 66.7 Å². The molecule has 2 heterocycles. The maximum Gasteiger partial charge on any atom is 0.257 e. The summed E-state index contributed by atoms with van der Waals surface area (Å²) in [7, 11) is 0. The predicted molar refractivity (Wildman–Crippen MR) is 108 cm³/mol. The van der Waals surface area contributed by atoms with Gasteiger partial charge in [-0.05, 0) is 41.5 Å². The number of amides is 1. The Hall–Kier alpha value is -2.69. The molecule has 3 aromatic rings. The van der Waals surface area contributed by atoms with Gasteiger partial charge in [0.2, 0.25) is 6.79 Å². The van der Waals surface area contributed by atoms with Crippen molar-refractivity contribution in [3.63, 3.8) is 0 Å². The van der Waals surface area contributed by atoms with Crippen LogP contribution >= 0.6 is 23.2 Å². The molecular weight excluding hydrogens is 397 g/mol. The third-order valence-corrected chi connectivity index (χ3v) is 5.97. The van der Waals surface area contributed by atoms with Crippen LogP contribution in [-0.4, -0.2) is 12.7 Å². The zero-order valence-corrected chi connectivity index (χ0v) is 16.2. The molecule has 0 N–H and O–H groups in total. The molecule has 0 saturated heterocycles. The second-order valence-corrected chi connectivity index (χ2v) is 7.76. The number of benzene rings is 3. The molecule has 4 nitrogen and oxygen atoms in total. The molecule has 1 unspecified atom stereocenters. The van der Waals surface area contributed by atoms with Gasteiger partial charge in [-0.25, -0.2) is 0 Å². The van der Waals surface area contributed by atoms with Gasteiger partial charge in [0.25, 0.3) is 5.91 Å². The number of hydrogen-bond acceptors (Lipinski definition) is 3. The Labute approximate surface area is 172 Å². The molecule has 1 amide bonds. The predicted octanol–water partition coefficient (Wildman–Crippen LogP) is 5.10. The molecule has 2 aliphatic rings. The molecule has 5 rings (SSSR count). The zero-order valence-electron chi connectivity index (χ0n) is 14.7. The fraction of sp³-hybridized carbons (Fsp3) is 0.136. The van der Waals surface area contributed by atoms with E-state index >= 15 is 0 Å². The third-order valence-electron chi connectivity index (χ3n) is 5.13. The van der Waals surface area contributed by atoms with Crippen LogP contribution in [-0.2, 0) is 16.2 Å². The summed E-state index contributed by atoms with van der Waals surface area (Å²) in [5, 5.41) is 0.656. The molecular formula is C22H15Cl2NO3. The smallest absolute Gasteiger partial charge is 0.257 e. The van der Waals surface area contributed by atoms with Gasteiger partial charge >= 0.3 is 0 Å². The van der Waals surface area contributed by atoms with Gasteiger partial charge in [-0.15, -0.1) is 0 Å².